The van der Waals surface area contributed by atoms with Gasteiger partial charge >= 0.3 is 0 Å². The second kappa shape index (κ2) is 13.2. The average Bonchev–Trinajstić information content (AvgIpc) is 2.78. The van der Waals surface area contributed by atoms with E-state index in [4.69, 9.17) is 0 Å². The molecule has 2 aromatic carbocycles. The lowest BCUT2D eigenvalue weighted by molar-refractivity contribution is 0.467. The lowest BCUT2D eigenvalue weighted by atomic mass is 9.97. The van der Waals surface area contributed by atoms with Gasteiger partial charge in [-0.1, -0.05) is 53.7 Å². The minimum absolute atomic E-state index is 0.244. The Labute approximate surface area is 200 Å². The average molecular weight is 451 g/mol. The summed E-state index contributed by atoms with van der Waals surface area (Å²) in [5.41, 5.74) is 5.87. The first-order valence-electron chi connectivity index (χ1n) is 12.4. The molecule has 0 aliphatic carbocycles. The molecule has 0 aliphatic heterocycles. The molecule has 33 heavy (non-hydrogen) atoms. The standard InChI is InChI=1S/C29H42N2O2/c1-7-24-13-22(11-9-20(3)4)15-26(28(24)32)17-30-19-31-18-27-16-23(12-10-21(5)6)14-25(8-2)29(27)33/h13-18,20-21,32-33H,7-12,19H2,1-6H3. The van der Waals surface area contributed by atoms with Crippen LogP contribution in [0.5, 0.6) is 11.5 Å². The van der Waals surface area contributed by atoms with E-state index in [0.717, 1.165) is 60.8 Å². The molecule has 0 amide bonds. The zero-order valence-corrected chi connectivity index (χ0v) is 21.4. The first kappa shape index (κ1) is 26.6. The van der Waals surface area contributed by atoms with Crippen LogP contribution in [0.4, 0.5) is 0 Å². The molecule has 0 unspecified atom stereocenters. The number of benzene rings is 2. The van der Waals surface area contributed by atoms with Gasteiger partial charge in [0.25, 0.3) is 0 Å². The molecule has 0 fully saturated rings. The number of aromatic hydroxyl groups is 2. The molecule has 0 atom stereocenters. The highest BCUT2D eigenvalue weighted by atomic mass is 16.3. The maximum absolute atomic E-state index is 10.6. The van der Waals surface area contributed by atoms with Crippen LogP contribution in [0.25, 0.3) is 0 Å². The minimum Gasteiger partial charge on any atom is -0.507 e. The highest BCUT2D eigenvalue weighted by Gasteiger charge is 2.09. The van der Waals surface area contributed by atoms with Gasteiger partial charge in [0.1, 0.15) is 18.2 Å². The van der Waals surface area contributed by atoms with E-state index in [9.17, 15) is 10.2 Å². The lowest BCUT2D eigenvalue weighted by Gasteiger charge is -2.11. The molecular formula is C29H42N2O2. The number of hydrogen-bond acceptors (Lipinski definition) is 4. The summed E-state index contributed by atoms with van der Waals surface area (Å²) >= 11 is 0. The summed E-state index contributed by atoms with van der Waals surface area (Å²) in [4.78, 5) is 8.84. The molecule has 0 saturated heterocycles. The van der Waals surface area contributed by atoms with E-state index >= 15 is 0 Å². The van der Waals surface area contributed by atoms with Crippen LogP contribution >= 0.6 is 0 Å². The van der Waals surface area contributed by atoms with Crippen LogP contribution in [0.15, 0.2) is 34.3 Å². The molecule has 4 heteroatoms. The number of aryl methyl sites for hydroxylation is 4. The Morgan fingerprint density at radius 1 is 0.697 bits per heavy atom. The van der Waals surface area contributed by atoms with Gasteiger partial charge < -0.3 is 10.2 Å². The van der Waals surface area contributed by atoms with E-state index < -0.39 is 0 Å². The van der Waals surface area contributed by atoms with Gasteiger partial charge in [0, 0.05) is 23.6 Å². The van der Waals surface area contributed by atoms with Crippen LogP contribution in [0.1, 0.15) is 87.8 Å². The van der Waals surface area contributed by atoms with Crippen molar-refractivity contribution < 1.29 is 10.2 Å². The Balaban J connectivity index is 2.14. The van der Waals surface area contributed by atoms with E-state index in [1.165, 1.54) is 11.1 Å². The monoisotopic (exact) mass is 450 g/mol. The number of phenolic OH excluding ortho intramolecular Hbond substituents is 2. The van der Waals surface area contributed by atoms with Crippen molar-refractivity contribution in [2.24, 2.45) is 21.8 Å². The van der Waals surface area contributed by atoms with Gasteiger partial charge in [-0.3, -0.25) is 9.98 Å². The topological polar surface area (TPSA) is 65.2 Å². The zero-order valence-electron chi connectivity index (χ0n) is 21.4. The number of phenols is 2. The summed E-state index contributed by atoms with van der Waals surface area (Å²) in [5, 5.41) is 21.2. The van der Waals surface area contributed by atoms with Gasteiger partial charge in [0.2, 0.25) is 0 Å². The first-order valence-corrected chi connectivity index (χ1v) is 12.4. The predicted octanol–water partition coefficient (Wildman–Crippen LogP) is 6.90. The molecular weight excluding hydrogens is 408 g/mol. The molecule has 2 N–H and O–H groups in total. The highest BCUT2D eigenvalue weighted by Crippen LogP contribution is 2.26. The van der Waals surface area contributed by atoms with Crippen molar-refractivity contribution in [1.82, 2.24) is 0 Å². The summed E-state index contributed by atoms with van der Waals surface area (Å²) < 4.78 is 0. The van der Waals surface area contributed by atoms with Gasteiger partial charge in [-0.05, 0) is 84.7 Å². The third-order valence-electron chi connectivity index (χ3n) is 5.96. The molecule has 0 radical (unpaired) electrons. The van der Waals surface area contributed by atoms with E-state index in [-0.39, 0.29) is 6.67 Å². The molecule has 0 spiro atoms. The third kappa shape index (κ3) is 8.34. The molecule has 0 aliphatic rings. The molecule has 180 valence electrons. The maximum Gasteiger partial charge on any atom is 0.129 e. The predicted molar refractivity (Wildman–Crippen MR) is 141 cm³/mol. The van der Waals surface area contributed by atoms with Crippen molar-refractivity contribution in [2.75, 3.05) is 6.67 Å². The fourth-order valence-electron chi connectivity index (χ4n) is 3.84. The van der Waals surface area contributed by atoms with Crippen LogP contribution in [0, 0.1) is 11.8 Å². The molecule has 0 aromatic heterocycles. The summed E-state index contributed by atoms with van der Waals surface area (Å²) in [5.74, 6) is 1.90. The Kier molecular flexibility index (Phi) is 10.6. The van der Waals surface area contributed by atoms with Gasteiger partial charge in [-0.2, -0.15) is 0 Å². The summed E-state index contributed by atoms with van der Waals surface area (Å²) in [6.07, 6.45) is 9.22. The van der Waals surface area contributed by atoms with Crippen molar-refractivity contribution >= 4 is 12.4 Å². The van der Waals surface area contributed by atoms with Crippen molar-refractivity contribution in [1.29, 1.82) is 0 Å². The first-order chi connectivity index (χ1) is 15.7. The Morgan fingerprint density at radius 3 is 1.42 bits per heavy atom. The summed E-state index contributed by atoms with van der Waals surface area (Å²) in [6, 6.07) is 8.27. The van der Waals surface area contributed by atoms with Crippen LogP contribution in [-0.4, -0.2) is 29.3 Å². The van der Waals surface area contributed by atoms with E-state index in [1.807, 2.05) is 12.1 Å². The Bertz CT molecular complexity index is 881. The maximum atomic E-state index is 10.6. The van der Waals surface area contributed by atoms with Crippen molar-refractivity contribution in [3.8, 4) is 11.5 Å². The molecule has 0 heterocycles. The molecule has 4 nitrogen and oxygen atoms in total. The van der Waals surface area contributed by atoms with Crippen molar-refractivity contribution in [2.45, 2.75) is 80.1 Å². The van der Waals surface area contributed by atoms with Crippen LogP contribution in [-0.2, 0) is 25.7 Å². The third-order valence-corrected chi connectivity index (χ3v) is 5.96. The summed E-state index contributed by atoms with van der Waals surface area (Å²) in [6.45, 7) is 13.3. The quantitative estimate of drug-likeness (QED) is 0.346. The Morgan fingerprint density at radius 2 is 1.09 bits per heavy atom. The van der Waals surface area contributed by atoms with E-state index in [0.29, 0.717) is 23.3 Å². The minimum atomic E-state index is 0.244. The molecule has 0 saturated carbocycles. The van der Waals surface area contributed by atoms with Crippen LogP contribution in [0.2, 0.25) is 0 Å². The van der Waals surface area contributed by atoms with Gasteiger partial charge in [0.15, 0.2) is 0 Å². The molecule has 2 aromatic rings. The smallest absolute Gasteiger partial charge is 0.129 e. The number of hydrogen-bond donors (Lipinski definition) is 2. The molecule has 2 rings (SSSR count). The van der Waals surface area contributed by atoms with Crippen LogP contribution in [0.3, 0.4) is 0 Å². The van der Waals surface area contributed by atoms with Crippen molar-refractivity contribution in [3.05, 3.63) is 57.6 Å². The van der Waals surface area contributed by atoms with Crippen LogP contribution < -0.4 is 0 Å². The summed E-state index contributed by atoms with van der Waals surface area (Å²) in [7, 11) is 0. The van der Waals surface area contributed by atoms with Gasteiger partial charge in [-0.15, -0.1) is 0 Å². The fraction of sp³-hybridized carbons (Fsp3) is 0.517. The molecule has 0 bridgehead atoms. The fourth-order valence-corrected chi connectivity index (χ4v) is 3.84. The number of nitrogens with zero attached hydrogens (tertiary/aromatic N) is 2. The zero-order chi connectivity index (χ0) is 24.4. The number of rotatable bonds is 12. The second-order valence-corrected chi connectivity index (χ2v) is 9.72. The normalized spacial score (nSPS) is 12.1. The number of aliphatic imine (C=N–C) groups is 2. The van der Waals surface area contributed by atoms with E-state index in [1.54, 1.807) is 12.4 Å². The second-order valence-electron chi connectivity index (χ2n) is 9.72. The van der Waals surface area contributed by atoms with Gasteiger partial charge in [0.05, 0.1) is 0 Å². The highest BCUT2D eigenvalue weighted by molar-refractivity contribution is 5.86. The van der Waals surface area contributed by atoms with Crippen molar-refractivity contribution in [3.63, 3.8) is 0 Å². The Hall–Kier alpha value is -2.62. The van der Waals surface area contributed by atoms with E-state index in [2.05, 4.69) is 63.7 Å². The lowest BCUT2D eigenvalue weighted by Crippen LogP contribution is -1.98. The largest absolute Gasteiger partial charge is 0.507 e. The SMILES string of the molecule is CCc1cc(CCC(C)C)cc(C=NCN=Cc2cc(CCC(C)C)cc(CC)c2O)c1O. The van der Waals surface area contributed by atoms with Gasteiger partial charge in [-0.25, -0.2) is 0 Å².